The number of hydrogen-bond donors (Lipinski definition) is 2. The lowest BCUT2D eigenvalue weighted by molar-refractivity contribution is -0.117. The summed E-state index contributed by atoms with van der Waals surface area (Å²) in [5, 5.41) is 12.9. The number of aryl methyl sites for hydroxylation is 1. The van der Waals surface area contributed by atoms with Gasteiger partial charge in [-0.1, -0.05) is 0 Å². The third-order valence-electron chi connectivity index (χ3n) is 5.22. The van der Waals surface area contributed by atoms with E-state index in [0.717, 1.165) is 28.6 Å². The van der Waals surface area contributed by atoms with E-state index in [9.17, 15) is 4.79 Å². The maximum atomic E-state index is 12.2. The number of ether oxygens (including phenoxy) is 2. The first-order chi connectivity index (χ1) is 13.6. The van der Waals surface area contributed by atoms with E-state index in [-0.39, 0.29) is 24.3 Å². The molecule has 0 spiro atoms. The molecule has 3 aromatic rings. The Morgan fingerprint density at radius 2 is 2.14 bits per heavy atom. The van der Waals surface area contributed by atoms with Crippen molar-refractivity contribution in [2.24, 2.45) is 18.9 Å². The van der Waals surface area contributed by atoms with Gasteiger partial charge in [0.15, 0.2) is 0 Å². The van der Waals surface area contributed by atoms with E-state index in [1.165, 1.54) is 0 Å². The average molecular weight is 382 g/mol. The van der Waals surface area contributed by atoms with Crippen LogP contribution < -0.4 is 14.8 Å². The summed E-state index contributed by atoms with van der Waals surface area (Å²) in [6.07, 6.45) is 4.08. The van der Waals surface area contributed by atoms with Crippen molar-refractivity contribution in [3.05, 3.63) is 30.6 Å². The molecule has 0 aromatic carbocycles. The predicted octanol–water partition coefficient (Wildman–Crippen LogP) is 2.22. The zero-order chi connectivity index (χ0) is 19.8. The number of amides is 1. The molecule has 0 bridgehead atoms. The van der Waals surface area contributed by atoms with Crippen LogP contribution in [0.3, 0.4) is 0 Å². The average Bonchev–Trinajstić information content (AvgIpc) is 3.45. The van der Waals surface area contributed by atoms with E-state index in [1.54, 1.807) is 32.7 Å². The number of nitrogens with zero attached hydrogens (tertiary/aromatic N) is 3. The normalized spacial score (nSPS) is 18.1. The standard InChI is InChI=1S/C20H22N4O4/c1-24-14(18-16(27-2)4-5-21-20(18)28-3)7-11-8-17(22-9-15(11)24)23-19(26)13-6-12(13)10-25/h4-5,7-9,12-13,25H,6,10H2,1-3H3,(H,22,23,26)/t12-,13+/m1/s1. The van der Waals surface area contributed by atoms with Crippen molar-refractivity contribution in [2.75, 3.05) is 26.1 Å². The molecule has 2 N–H and O–H groups in total. The van der Waals surface area contributed by atoms with Crippen molar-refractivity contribution >= 4 is 22.6 Å². The first-order valence-corrected chi connectivity index (χ1v) is 9.02. The van der Waals surface area contributed by atoms with Gasteiger partial charge in [-0.15, -0.1) is 0 Å². The summed E-state index contributed by atoms with van der Waals surface area (Å²) in [5.74, 6) is 1.45. The van der Waals surface area contributed by atoms with Crippen molar-refractivity contribution in [2.45, 2.75) is 6.42 Å². The number of aromatic nitrogens is 3. The lowest BCUT2D eigenvalue weighted by atomic mass is 10.1. The van der Waals surface area contributed by atoms with Crippen LogP contribution in [0.15, 0.2) is 30.6 Å². The monoisotopic (exact) mass is 382 g/mol. The van der Waals surface area contributed by atoms with Crippen LogP contribution in [0, 0.1) is 11.8 Å². The SMILES string of the molecule is COc1ccnc(OC)c1-c1cc2cc(NC(=O)[C@H]3C[C@@H]3CO)ncc2n1C. The predicted molar refractivity (Wildman–Crippen MR) is 104 cm³/mol. The summed E-state index contributed by atoms with van der Waals surface area (Å²) in [6, 6.07) is 5.61. The van der Waals surface area contributed by atoms with Gasteiger partial charge in [-0.05, 0) is 30.5 Å². The molecular weight excluding hydrogens is 360 g/mol. The first-order valence-electron chi connectivity index (χ1n) is 9.02. The Balaban J connectivity index is 1.71. The maximum Gasteiger partial charge on any atom is 0.229 e. The third kappa shape index (κ3) is 3.05. The lowest BCUT2D eigenvalue weighted by Crippen LogP contribution is -2.16. The minimum absolute atomic E-state index is 0.0430. The minimum atomic E-state index is -0.127. The Labute approximate surface area is 162 Å². The van der Waals surface area contributed by atoms with Gasteiger partial charge in [-0.3, -0.25) is 4.79 Å². The number of aliphatic hydroxyl groups excluding tert-OH is 1. The van der Waals surface area contributed by atoms with E-state index in [0.29, 0.717) is 17.4 Å². The highest BCUT2D eigenvalue weighted by Crippen LogP contribution is 2.40. The summed E-state index contributed by atoms with van der Waals surface area (Å²) in [4.78, 5) is 20.9. The van der Waals surface area contributed by atoms with Crippen LogP contribution >= 0.6 is 0 Å². The van der Waals surface area contributed by atoms with Gasteiger partial charge >= 0.3 is 0 Å². The van der Waals surface area contributed by atoms with E-state index >= 15 is 0 Å². The van der Waals surface area contributed by atoms with Crippen molar-refractivity contribution in [3.63, 3.8) is 0 Å². The number of hydrogen-bond acceptors (Lipinski definition) is 6. The number of anilines is 1. The van der Waals surface area contributed by atoms with Crippen LogP contribution in [-0.2, 0) is 11.8 Å². The highest BCUT2D eigenvalue weighted by atomic mass is 16.5. The largest absolute Gasteiger partial charge is 0.496 e. The van der Waals surface area contributed by atoms with Crippen molar-refractivity contribution in [3.8, 4) is 22.9 Å². The van der Waals surface area contributed by atoms with Gasteiger partial charge in [-0.25, -0.2) is 9.97 Å². The summed E-state index contributed by atoms with van der Waals surface area (Å²) in [6.45, 7) is 0.0430. The fourth-order valence-electron chi connectivity index (χ4n) is 3.52. The molecule has 1 amide bonds. The first kappa shape index (κ1) is 18.2. The molecule has 1 fully saturated rings. The second-order valence-electron chi connectivity index (χ2n) is 6.89. The van der Waals surface area contributed by atoms with E-state index in [2.05, 4.69) is 15.3 Å². The van der Waals surface area contributed by atoms with Gasteiger partial charge in [0.25, 0.3) is 0 Å². The molecule has 28 heavy (non-hydrogen) atoms. The topological polar surface area (TPSA) is 98.5 Å². The Morgan fingerprint density at radius 3 is 2.82 bits per heavy atom. The van der Waals surface area contributed by atoms with Gasteiger partial charge < -0.3 is 24.5 Å². The molecule has 8 nitrogen and oxygen atoms in total. The number of aliphatic hydroxyl groups is 1. The highest BCUT2D eigenvalue weighted by Gasteiger charge is 2.42. The lowest BCUT2D eigenvalue weighted by Gasteiger charge is -2.12. The molecule has 2 atom stereocenters. The number of pyridine rings is 2. The molecule has 4 rings (SSSR count). The number of carbonyl (C=O) groups excluding carboxylic acids is 1. The Kier molecular flexibility index (Phi) is 4.64. The van der Waals surface area contributed by atoms with Gasteiger partial charge in [0.05, 0.1) is 31.6 Å². The van der Waals surface area contributed by atoms with Crippen molar-refractivity contribution in [1.29, 1.82) is 0 Å². The quantitative estimate of drug-likeness (QED) is 0.678. The number of rotatable bonds is 6. The summed E-state index contributed by atoms with van der Waals surface area (Å²) in [7, 11) is 5.10. The third-order valence-corrected chi connectivity index (χ3v) is 5.22. The zero-order valence-electron chi connectivity index (χ0n) is 16.0. The van der Waals surface area contributed by atoms with Gasteiger partial charge in [0, 0.05) is 31.2 Å². The number of methoxy groups -OCH3 is 2. The molecule has 3 aromatic heterocycles. The second kappa shape index (κ2) is 7.12. The molecule has 146 valence electrons. The van der Waals surface area contributed by atoms with Crippen LogP contribution in [0.5, 0.6) is 11.6 Å². The van der Waals surface area contributed by atoms with Crippen molar-refractivity contribution < 1.29 is 19.4 Å². The fourth-order valence-corrected chi connectivity index (χ4v) is 3.52. The number of carbonyl (C=O) groups is 1. The summed E-state index contributed by atoms with van der Waals surface area (Å²) >= 11 is 0. The summed E-state index contributed by atoms with van der Waals surface area (Å²) in [5.41, 5.74) is 2.52. The van der Waals surface area contributed by atoms with Crippen LogP contribution in [-0.4, -0.2) is 46.4 Å². The van der Waals surface area contributed by atoms with E-state index in [4.69, 9.17) is 14.6 Å². The van der Waals surface area contributed by atoms with E-state index < -0.39 is 0 Å². The fraction of sp³-hybridized carbons (Fsp3) is 0.350. The number of fused-ring (bicyclic) bond motifs is 1. The van der Waals surface area contributed by atoms with Crippen molar-refractivity contribution in [1.82, 2.24) is 14.5 Å². The van der Waals surface area contributed by atoms with E-state index in [1.807, 2.05) is 23.7 Å². The van der Waals surface area contributed by atoms with Gasteiger partial charge in [-0.2, -0.15) is 0 Å². The zero-order valence-corrected chi connectivity index (χ0v) is 16.0. The van der Waals surface area contributed by atoms with Crippen LogP contribution in [0.4, 0.5) is 5.82 Å². The Hall–Kier alpha value is -3.13. The number of nitrogens with one attached hydrogen (secondary N) is 1. The molecule has 0 saturated heterocycles. The van der Waals surface area contributed by atoms with Crippen LogP contribution in [0.1, 0.15) is 6.42 Å². The Morgan fingerprint density at radius 1 is 1.32 bits per heavy atom. The van der Waals surface area contributed by atoms with Gasteiger partial charge in [0.1, 0.15) is 17.1 Å². The molecule has 3 heterocycles. The van der Waals surface area contributed by atoms with Crippen LogP contribution in [0.2, 0.25) is 0 Å². The molecule has 0 radical (unpaired) electrons. The second-order valence-corrected chi connectivity index (χ2v) is 6.89. The molecule has 8 heteroatoms. The Bertz CT molecular complexity index is 1020. The molecule has 1 aliphatic rings. The maximum absolute atomic E-state index is 12.2. The van der Waals surface area contributed by atoms with Crippen LogP contribution in [0.25, 0.3) is 22.2 Å². The molecule has 1 aliphatic carbocycles. The molecular formula is C20H22N4O4. The highest BCUT2D eigenvalue weighted by molar-refractivity contribution is 5.96. The molecule has 1 saturated carbocycles. The minimum Gasteiger partial charge on any atom is -0.496 e. The smallest absolute Gasteiger partial charge is 0.229 e. The molecule has 0 unspecified atom stereocenters. The summed E-state index contributed by atoms with van der Waals surface area (Å²) < 4.78 is 12.9. The van der Waals surface area contributed by atoms with Gasteiger partial charge in [0.2, 0.25) is 11.8 Å². The molecule has 0 aliphatic heterocycles.